The van der Waals surface area contributed by atoms with Crippen molar-refractivity contribution in [2.24, 2.45) is 0 Å². The average molecular weight is 359 g/mol. The number of thiophene rings is 1. The Morgan fingerprint density at radius 3 is 3.00 bits per heavy atom. The maximum Gasteiger partial charge on any atom is 0.257 e. The number of hydrogen-bond acceptors (Lipinski definition) is 6. The van der Waals surface area contributed by atoms with E-state index in [1.807, 2.05) is 24.4 Å². The number of carbonyl (C=O) groups excluding carboxylic acids is 1. The van der Waals surface area contributed by atoms with Crippen LogP contribution in [0.2, 0.25) is 0 Å². The molecule has 0 spiro atoms. The highest BCUT2D eigenvalue weighted by Gasteiger charge is 2.38. The Morgan fingerprint density at radius 2 is 2.25 bits per heavy atom. The van der Waals surface area contributed by atoms with E-state index >= 15 is 0 Å². The van der Waals surface area contributed by atoms with Crippen LogP contribution in [0.4, 0.5) is 5.82 Å². The van der Waals surface area contributed by atoms with E-state index in [2.05, 4.69) is 15.3 Å². The predicted octanol–water partition coefficient (Wildman–Crippen LogP) is 3.51. The molecular formula is C17H17N3O2S2. The molecule has 1 atom stereocenters. The van der Waals surface area contributed by atoms with Gasteiger partial charge < -0.3 is 10.3 Å². The van der Waals surface area contributed by atoms with E-state index < -0.39 is 0 Å². The zero-order valence-corrected chi connectivity index (χ0v) is 14.9. The van der Waals surface area contributed by atoms with Crippen molar-refractivity contribution in [3.63, 3.8) is 0 Å². The molecule has 0 saturated carbocycles. The van der Waals surface area contributed by atoms with Crippen LogP contribution in [0.15, 0.2) is 38.7 Å². The summed E-state index contributed by atoms with van der Waals surface area (Å²) in [6.45, 7) is 2.02. The lowest BCUT2D eigenvalue weighted by Gasteiger charge is -2.32. The molecule has 1 aliphatic heterocycles. The molecule has 2 aromatic heterocycles. The van der Waals surface area contributed by atoms with Gasteiger partial charge in [-0.25, -0.2) is 4.98 Å². The van der Waals surface area contributed by atoms with E-state index in [1.165, 1.54) is 11.8 Å². The van der Waals surface area contributed by atoms with Crippen LogP contribution in [0.5, 0.6) is 0 Å². The van der Waals surface area contributed by atoms with Gasteiger partial charge in [0.1, 0.15) is 5.82 Å². The van der Waals surface area contributed by atoms with Gasteiger partial charge in [-0.15, -0.1) is 11.3 Å². The third-order valence-electron chi connectivity index (χ3n) is 4.35. The van der Waals surface area contributed by atoms with Crippen molar-refractivity contribution >= 4 is 34.7 Å². The molecular weight excluding hydrogens is 342 g/mol. The Morgan fingerprint density at radius 1 is 1.38 bits per heavy atom. The van der Waals surface area contributed by atoms with Crippen LogP contribution in [-0.4, -0.2) is 21.5 Å². The molecule has 0 unspecified atom stereocenters. The van der Waals surface area contributed by atoms with Crippen molar-refractivity contribution in [2.75, 3.05) is 11.1 Å². The number of aromatic nitrogens is 2. The van der Waals surface area contributed by atoms with Crippen LogP contribution in [0, 0.1) is 0 Å². The van der Waals surface area contributed by atoms with Crippen LogP contribution < -0.4 is 10.9 Å². The van der Waals surface area contributed by atoms with Crippen molar-refractivity contribution in [1.82, 2.24) is 9.97 Å². The van der Waals surface area contributed by atoms with Gasteiger partial charge >= 0.3 is 0 Å². The minimum Gasteiger partial charge on any atom is -0.343 e. The third kappa shape index (κ3) is 2.52. The highest BCUT2D eigenvalue weighted by Crippen LogP contribution is 2.44. The highest BCUT2D eigenvalue weighted by molar-refractivity contribution is 7.99. The molecule has 4 rings (SSSR count). The lowest BCUT2D eigenvalue weighted by Crippen LogP contribution is -2.32. The van der Waals surface area contributed by atoms with E-state index in [-0.39, 0.29) is 17.3 Å². The van der Waals surface area contributed by atoms with E-state index in [0.29, 0.717) is 23.0 Å². The third-order valence-corrected chi connectivity index (χ3v) is 6.04. The quantitative estimate of drug-likeness (QED) is 0.648. The number of nitrogens with one attached hydrogen (secondary N) is 2. The number of carbonyl (C=O) groups is 1. The number of nitrogens with zero attached hydrogens (tertiary/aromatic N) is 1. The lowest BCUT2D eigenvalue weighted by molar-refractivity contribution is -0.116. The molecule has 0 amide bonds. The Bertz CT molecular complexity index is 884. The van der Waals surface area contributed by atoms with E-state index in [1.54, 1.807) is 11.3 Å². The molecule has 0 fully saturated rings. The zero-order valence-electron chi connectivity index (χ0n) is 13.2. The minimum absolute atomic E-state index is 0.138. The maximum absolute atomic E-state index is 12.8. The fourth-order valence-corrected chi connectivity index (χ4v) is 4.82. The first-order chi connectivity index (χ1) is 11.7. The molecule has 2 N–H and O–H groups in total. The van der Waals surface area contributed by atoms with Gasteiger partial charge in [0.05, 0.1) is 11.5 Å². The molecule has 0 bridgehead atoms. The van der Waals surface area contributed by atoms with Crippen molar-refractivity contribution < 1.29 is 4.79 Å². The maximum atomic E-state index is 12.8. The standard InChI is InChI=1S/C17H17N3O2S2/c1-2-23-17-19-15-14(16(22)20-17)13(11-7-4-8-24-11)12-9(18-15)5-3-6-10(12)21/h4,7-8,13H,2-3,5-6H2,1H3,(H2,18,19,20,22)/t13-/m0/s1. The smallest absolute Gasteiger partial charge is 0.257 e. The molecule has 1 aliphatic carbocycles. The number of anilines is 1. The number of allylic oxidation sites excluding steroid dienone is 2. The summed E-state index contributed by atoms with van der Waals surface area (Å²) in [6, 6.07) is 3.95. The normalized spacial score (nSPS) is 19.7. The van der Waals surface area contributed by atoms with Crippen LogP contribution in [-0.2, 0) is 4.79 Å². The van der Waals surface area contributed by atoms with Gasteiger partial charge in [-0.05, 0) is 30.0 Å². The molecule has 0 aromatic carbocycles. The fourth-order valence-electron chi connectivity index (χ4n) is 3.39. The summed E-state index contributed by atoms with van der Waals surface area (Å²) in [7, 11) is 0. The number of fused-ring (bicyclic) bond motifs is 1. The van der Waals surface area contributed by atoms with Gasteiger partial charge in [-0.2, -0.15) is 0 Å². The summed E-state index contributed by atoms with van der Waals surface area (Å²) in [5.41, 5.74) is 2.08. The predicted molar refractivity (Wildman–Crippen MR) is 96.9 cm³/mol. The molecule has 0 radical (unpaired) electrons. The van der Waals surface area contributed by atoms with Crippen molar-refractivity contribution in [3.05, 3.63) is 49.6 Å². The SMILES string of the molecule is CCSc1nc2c(c(=O)[nH]1)[C@@H](c1cccs1)C1=C(CCCC1=O)N2. The summed E-state index contributed by atoms with van der Waals surface area (Å²) in [5, 5.41) is 5.88. The van der Waals surface area contributed by atoms with Gasteiger partial charge in [0, 0.05) is 22.6 Å². The summed E-state index contributed by atoms with van der Waals surface area (Å²) in [4.78, 5) is 33.8. The van der Waals surface area contributed by atoms with E-state index in [9.17, 15) is 9.59 Å². The van der Waals surface area contributed by atoms with Gasteiger partial charge in [0.2, 0.25) is 0 Å². The Kier molecular flexibility index (Phi) is 4.05. The van der Waals surface area contributed by atoms with Gasteiger partial charge in [0.15, 0.2) is 10.9 Å². The van der Waals surface area contributed by atoms with E-state index in [4.69, 9.17) is 0 Å². The van der Waals surface area contributed by atoms with Crippen LogP contribution in [0.3, 0.4) is 0 Å². The number of thioether (sulfide) groups is 1. The minimum atomic E-state index is -0.305. The van der Waals surface area contributed by atoms with Crippen molar-refractivity contribution in [1.29, 1.82) is 0 Å². The van der Waals surface area contributed by atoms with Crippen molar-refractivity contribution in [3.8, 4) is 0 Å². The Balaban J connectivity index is 1.94. The fraction of sp³-hybridized carbons (Fsp3) is 0.353. The second kappa shape index (κ2) is 6.22. The molecule has 24 heavy (non-hydrogen) atoms. The molecule has 2 aromatic rings. The number of H-pyrrole nitrogens is 1. The number of aromatic amines is 1. The highest BCUT2D eigenvalue weighted by atomic mass is 32.2. The summed E-state index contributed by atoms with van der Waals surface area (Å²) >= 11 is 3.08. The van der Waals surface area contributed by atoms with E-state index in [0.717, 1.165) is 34.7 Å². The molecule has 5 nitrogen and oxygen atoms in total. The zero-order chi connectivity index (χ0) is 16.7. The van der Waals surface area contributed by atoms with Crippen LogP contribution in [0.25, 0.3) is 0 Å². The monoisotopic (exact) mass is 359 g/mol. The largest absolute Gasteiger partial charge is 0.343 e. The van der Waals surface area contributed by atoms with Crippen LogP contribution in [0.1, 0.15) is 42.5 Å². The summed E-state index contributed by atoms with van der Waals surface area (Å²) in [6.07, 6.45) is 2.22. The molecule has 124 valence electrons. The lowest BCUT2D eigenvalue weighted by atomic mass is 9.79. The number of ketones is 1. The summed E-state index contributed by atoms with van der Waals surface area (Å²) in [5.74, 6) is 1.27. The van der Waals surface area contributed by atoms with Crippen LogP contribution >= 0.6 is 23.1 Å². The van der Waals surface area contributed by atoms with Crippen molar-refractivity contribution in [2.45, 2.75) is 37.3 Å². The first kappa shape index (κ1) is 15.7. The second-order valence-electron chi connectivity index (χ2n) is 5.81. The molecule has 3 heterocycles. The van der Waals surface area contributed by atoms with Gasteiger partial charge in [0.25, 0.3) is 5.56 Å². The number of hydrogen-bond donors (Lipinski definition) is 2. The number of rotatable bonds is 3. The summed E-state index contributed by atoms with van der Waals surface area (Å²) < 4.78 is 0. The molecule has 2 aliphatic rings. The second-order valence-corrected chi connectivity index (χ2v) is 8.04. The number of Topliss-reactive ketones (excluding diaryl/α,β-unsaturated/α-hetero) is 1. The first-order valence-electron chi connectivity index (χ1n) is 8.02. The average Bonchev–Trinajstić information content (AvgIpc) is 3.07. The first-order valence-corrected chi connectivity index (χ1v) is 9.89. The van der Waals surface area contributed by atoms with Gasteiger partial charge in [-0.1, -0.05) is 24.8 Å². The molecule has 0 saturated heterocycles. The molecule has 7 heteroatoms. The Labute approximate surface area is 147 Å². The van der Waals surface area contributed by atoms with Gasteiger partial charge in [-0.3, -0.25) is 9.59 Å². The Hall–Kier alpha value is -1.86. The topological polar surface area (TPSA) is 74.8 Å².